The summed E-state index contributed by atoms with van der Waals surface area (Å²) in [5, 5.41) is 0. The Morgan fingerprint density at radius 1 is 1.15 bits per heavy atom. The maximum atomic E-state index is 5.78. The van der Waals surface area contributed by atoms with Crippen LogP contribution in [0.3, 0.4) is 0 Å². The Bertz CT molecular complexity index is 619. The van der Waals surface area contributed by atoms with Gasteiger partial charge in [0.15, 0.2) is 5.82 Å². The van der Waals surface area contributed by atoms with Gasteiger partial charge in [-0.3, -0.25) is 0 Å². The summed E-state index contributed by atoms with van der Waals surface area (Å²) in [5.74, 6) is 2.18. The third kappa shape index (κ3) is 2.43. The Morgan fingerprint density at radius 3 is 2.60 bits per heavy atom. The molecule has 5 nitrogen and oxygen atoms in total. The van der Waals surface area contributed by atoms with Crippen LogP contribution in [0.1, 0.15) is 30.7 Å². The van der Waals surface area contributed by atoms with Crippen molar-refractivity contribution in [3.8, 4) is 11.4 Å². The fourth-order valence-electron chi connectivity index (χ4n) is 2.38. The molecule has 0 radical (unpaired) electrons. The maximum absolute atomic E-state index is 5.78. The Balaban J connectivity index is 1.99. The number of anilines is 2. The molecule has 0 bridgehead atoms. The number of rotatable bonds is 3. The molecule has 2 aromatic rings. The number of nitrogens with two attached hydrogens (primary N) is 1. The first kappa shape index (κ1) is 12.8. The van der Waals surface area contributed by atoms with Crippen molar-refractivity contribution in [2.24, 2.45) is 0 Å². The average molecular weight is 269 g/mol. The average Bonchev–Trinajstić information content (AvgIpc) is 2.36. The zero-order chi connectivity index (χ0) is 14.1. The molecule has 3 rings (SSSR count). The van der Waals surface area contributed by atoms with Crippen LogP contribution in [0, 0.1) is 0 Å². The monoisotopic (exact) mass is 269 g/mol. The van der Waals surface area contributed by atoms with E-state index in [0.29, 0.717) is 17.7 Å². The van der Waals surface area contributed by atoms with Crippen molar-refractivity contribution in [2.75, 3.05) is 24.7 Å². The van der Waals surface area contributed by atoms with Crippen LogP contribution in [0.4, 0.5) is 11.9 Å². The predicted octanol–water partition coefficient (Wildman–Crippen LogP) is 2.45. The Labute approximate surface area is 118 Å². The Morgan fingerprint density at radius 2 is 1.95 bits per heavy atom. The van der Waals surface area contributed by atoms with Crippen molar-refractivity contribution in [2.45, 2.75) is 25.2 Å². The van der Waals surface area contributed by atoms with Gasteiger partial charge in [0, 0.05) is 19.7 Å². The molecule has 5 heteroatoms. The molecule has 0 unspecified atom stereocenters. The summed E-state index contributed by atoms with van der Waals surface area (Å²) in [6.07, 6.45) is 3.90. The molecule has 1 aromatic heterocycles. The molecule has 20 heavy (non-hydrogen) atoms. The van der Waals surface area contributed by atoms with Gasteiger partial charge in [-0.1, -0.05) is 24.6 Å². The second-order valence-corrected chi connectivity index (χ2v) is 5.46. The van der Waals surface area contributed by atoms with Crippen LogP contribution in [-0.2, 0) is 0 Å². The summed E-state index contributed by atoms with van der Waals surface area (Å²) in [5.41, 5.74) is 8.16. The largest absolute Gasteiger partial charge is 0.368 e. The molecule has 1 fully saturated rings. The van der Waals surface area contributed by atoms with Crippen molar-refractivity contribution < 1.29 is 0 Å². The van der Waals surface area contributed by atoms with Crippen molar-refractivity contribution in [3.63, 3.8) is 0 Å². The van der Waals surface area contributed by atoms with E-state index in [2.05, 4.69) is 33.2 Å². The fraction of sp³-hybridized carbons (Fsp3) is 0.400. The van der Waals surface area contributed by atoms with Crippen molar-refractivity contribution in [1.29, 1.82) is 0 Å². The number of hydrogen-bond donors (Lipinski definition) is 1. The molecule has 0 spiro atoms. The number of nitrogen functional groups attached to an aromatic ring is 1. The van der Waals surface area contributed by atoms with Gasteiger partial charge < -0.3 is 10.6 Å². The quantitative estimate of drug-likeness (QED) is 0.927. The van der Waals surface area contributed by atoms with Gasteiger partial charge in [0.05, 0.1) is 0 Å². The molecule has 104 valence electrons. The highest BCUT2D eigenvalue weighted by Crippen LogP contribution is 2.37. The number of aromatic nitrogens is 3. The normalized spacial score (nSPS) is 14.9. The minimum Gasteiger partial charge on any atom is -0.368 e. The maximum Gasteiger partial charge on any atom is 0.230 e. The third-order valence-corrected chi connectivity index (χ3v) is 3.76. The minimum absolute atomic E-state index is 0.257. The lowest BCUT2D eigenvalue weighted by molar-refractivity contribution is 0.420. The topological polar surface area (TPSA) is 67.9 Å². The molecule has 0 amide bonds. The van der Waals surface area contributed by atoms with Crippen molar-refractivity contribution >= 4 is 11.9 Å². The summed E-state index contributed by atoms with van der Waals surface area (Å²) in [6, 6.07) is 8.46. The molecule has 0 aliphatic heterocycles. The molecule has 1 saturated carbocycles. The van der Waals surface area contributed by atoms with Crippen LogP contribution in [0.2, 0.25) is 0 Å². The number of benzene rings is 1. The van der Waals surface area contributed by atoms with E-state index in [4.69, 9.17) is 5.73 Å². The SMILES string of the molecule is CN(C)c1nc(N)nc(-c2cccc(C3CCC3)c2)n1. The van der Waals surface area contributed by atoms with Crippen LogP contribution < -0.4 is 10.6 Å². The zero-order valence-corrected chi connectivity index (χ0v) is 11.9. The first-order chi connectivity index (χ1) is 9.63. The summed E-state index contributed by atoms with van der Waals surface area (Å²) in [7, 11) is 3.78. The minimum atomic E-state index is 0.257. The molecule has 0 saturated heterocycles. The second kappa shape index (κ2) is 5.07. The summed E-state index contributed by atoms with van der Waals surface area (Å²) >= 11 is 0. The lowest BCUT2D eigenvalue weighted by Crippen LogP contribution is -2.15. The van der Waals surface area contributed by atoms with E-state index in [1.54, 1.807) is 0 Å². The van der Waals surface area contributed by atoms with Gasteiger partial charge in [-0.2, -0.15) is 15.0 Å². The molecule has 2 N–H and O–H groups in total. The lowest BCUT2D eigenvalue weighted by Gasteiger charge is -2.26. The highest BCUT2D eigenvalue weighted by molar-refractivity contribution is 5.59. The van der Waals surface area contributed by atoms with Crippen molar-refractivity contribution in [1.82, 2.24) is 15.0 Å². The van der Waals surface area contributed by atoms with E-state index in [1.165, 1.54) is 24.8 Å². The van der Waals surface area contributed by atoms with Gasteiger partial charge in [-0.05, 0) is 30.4 Å². The first-order valence-corrected chi connectivity index (χ1v) is 6.92. The van der Waals surface area contributed by atoms with Crippen LogP contribution in [0.25, 0.3) is 11.4 Å². The standard InChI is InChI=1S/C15H19N5/c1-20(2)15-18-13(17-14(16)19-15)12-8-4-7-11(9-12)10-5-3-6-10/h4,7-10H,3,5-6H2,1-2H3,(H2,16,17,18,19). The van der Waals surface area contributed by atoms with Gasteiger partial charge in [-0.15, -0.1) is 0 Å². The van der Waals surface area contributed by atoms with Crippen LogP contribution in [0.5, 0.6) is 0 Å². The zero-order valence-electron chi connectivity index (χ0n) is 11.9. The fourth-order valence-corrected chi connectivity index (χ4v) is 2.38. The van der Waals surface area contributed by atoms with E-state index >= 15 is 0 Å². The van der Waals surface area contributed by atoms with Gasteiger partial charge in [0.2, 0.25) is 11.9 Å². The highest BCUT2D eigenvalue weighted by atomic mass is 15.3. The summed E-state index contributed by atoms with van der Waals surface area (Å²) in [4.78, 5) is 14.7. The second-order valence-electron chi connectivity index (χ2n) is 5.46. The first-order valence-electron chi connectivity index (χ1n) is 6.92. The van der Waals surface area contributed by atoms with E-state index in [1.807, 2.05) is 25.1 Å². The molecule has 1 aliphatic carbocycles. The van der Waals surface area contributed by atoms with Crippen molar-refractivity contribution in [3.05, 3.63) is 29.8 Å². The molecule has 0 atom stereocenters. The summed E-state index contributed by atoms with van der Waals surface area (Å²) < 4.78 is 0. The highest BCUT2D eigenvalue weighted by Gasteiger charge is 2.20. The third-order valence-electron chi connectivity index (χ3n) is 3.76. The van der Waals surface area contributed by atoms with Crippen LogP contribution in [-0.4, -0.2) is 29.0 Å². The molecular weight excluding hydrogens is 250 g/mol. The smallest absolute Gasteiger partial charge is 0.230 e. The number of hydrogen-bond acceptors (Lipinski definition) is 5. The molecular formula is C15H19N5. The predicted molar refractivity (Wildman–Crippen MR) is 80.6 cm³/mol. The lowest BCUT2D eigenvalue weighted by atomic mass is 9.80. The number of nitrogens with zero attached hydrogens (tertiary/aromatic N) is 4. The Kier molecular flexibility index (Phi) is 3.26. The van der Waals surface area contributed by atoms with E-state index in [9.17, 15) is 0 Å². The van der Waals surface area contributed by atoms with Gasteiger partial charge in [0.25, 0.3) is 0 Å². The molecule has 1 heterocycles. The molecule has 1 aliphatic rings. The molecule has 1 aromatic carbocycles. The Hall–Kier alpha value is -2.17. The van der Waals surface area contributed by atoms with E-state index in [-0.39, 0.29) is 5.95 Å². The van der Waals surface area contributed by atoms with Crippen LogP contribution >= 0.6 is 0 Å². The van der Waals surface area contributed by atoms with E-state index < -0.39 is 0 Å². The van der Waals surface area contributed by atoms with Gasteiger partial charge >= 0.3 is 0 Å². The van der Waals surface area contributed by atoms with E-state index in [0.717, 1.165) is 5.56 Å². The van der Waals surface area contributed by atoms with Gasteiger partial charge in [-0.25, -0.2) is 0 Å². The van der Waals surface area contributed by atoms with Crippen LogP contribution in [0.15, 0.2) is 24.3 Å². The summed E-state index contributed by atoms with van der Waals surface area (Å²) in [6.45, 7) is 0. The van der Waals surface area contributed by atoms with Gasteiger partial charge in [0.1, 0.15) is 0 Å².